The van der Waals surface area contributed by atoms with Crippen molar-refractivity contribution in [3.63, 3.8) is 0 Å². The van der Waals surface area contributed by atoms with Gasteiger partial charge in [-0.2, -0.15) is 0 Å². The average molecular weight is 733 g/mol. The van der Waals surface area contributed by atoms with Crippen LogP contribution in [0.25, 0.3) is 0 Å². The molecule has 2 fully saturated rings. The van der Waals surface area contributed by atoms with Crippen LogP contribution in [0.4, 0.5) is 0 Å². The third-order valence-corrected chi connectivity index (χ3v) is 10.3. The number of likely N-dealkylation sites (tertiary alicyclic amines) is 2. The zero-order valence-electron chi connectivity index (χ0n) is 31.6. The largest absolute Gasteiger partial charge is 0.343 e. The molecular formula is C40H60N8O5. The first-order chi connectivity index (χ1) is 25.3. The molecular weight excluding hydrogens is 672 g/mol. The number of nitrogens with zero attached hydrogens (tertiary/aromatic N) is 2. The lowest BCUT2D eigenvalue weighted by Crippen LogP contribution is -2.66. The van der Waals surface area contributed by atoms with Crippen molar-refractivity contribution >= 4 is 29.5 Å². The van der Waals surface area contributed by atoms with Crippen LogP contribution in [-0.4, -0.2) is 102 Å². The Kier molecular flexibility index (Phi) is 15.4. The van der Waals surface area contributed by atoms with E-state index in [0.29, 0.717) is 64.8 Å². The van der Waals surface area contributed by atoms with E-state index in [1.807, 2.05) is 74.5 Å². The first-order valence-corrected chi connectivity index (χ1v) is 19.1. The van der Waals surface area contributed by atoms with E-state index in [1.165, 1.54) is 0 Å². The van der Waals surface area contributed by atoms with Crippen molar-refractivity contribution < 1.29 is 24.0 Å². The molecule has 1 unspecified atom stereocenters. The third kappa shape index (κ3) is 12.1. The molecule has 2 aromatic carbocycles. The second-order valence-electron chi connectivity index (χ2n) is 15.4. The highest BCUT2D eigenvalue weighted by Gasteiger charge is 2.48. The van der Waals surface area contributed by atoms with Crippen LogP contribution in [0.5, 0.6) is 0 Å². The summed E-state index contributed by atoms with van der Waals surface area (Å²) in [5.74, 6) is -1.63. The summed E-state index contributed by atoms with van der Waals surface area (Å²) in [6.45, 7) is 8.42. The Labute approximate surface area is 314 Å². The van der Waals surface area contributed by atoms with Gasteiger partial charge >= 0.3 is 0 Å². The molecule has 9 N–H and O–H groups in total. The lowest BCUT2D eigenvalue weighted by Gasteiger charge is -2.54. The van der Waals surface area contributed by atoms with Crippen LogP contribution in [0.1, 0.15) is 70.4 Å². The monoisotopic (exact) mass is 732 g/mol. The molecule has 2 aromatic rings. The van der Waals surface area contributed by atoms with Gasteiger partial charge in [0, 0.05) is 38.0 Å². The van der Waals surface area contributed by atoms with Crippen molar-refractivity contribution in [3.05, 3.63) is 71.8 Å². The van der Waals surface area contributed by atoms with Gasteiger partial charge in [0.25, 0.3) is 0 Å². The Bertz CT molecular complexity index is 1510. The molecule has 2 heterocycles. The third-order valence-electron chi connectivity index (χ3n) is 10.3. The quantitative estimate of drug-likeness (QED) is 0.123. The van der Waals surface area contributed by atoms with Crippen LogP contribution in [0.3, 0.4) is 0 Å². The minimum Gasteiger partial charge on any atom is -0.343 e. The summed E-state index contributed by atoms with van der Waals surface area (Å²) in [5.41, 5.74) is 19.5. The molecule has 13 heteroatoms. The van der Waals surface area contributed by atoms with E-state index in [4.69, 9.17) is 17.2 Å². The van der Waals surface area contributed by atoms with Gasteiger partial charge in [-0.25, -0.2) is 0 Å². The number of carbonyl (C=O) groups is 5. The van der Waals surface area contributed by atoms with E-state index < -0.39 is 47.9 Å². The topological polar surface area (TPSA) is 206 Å². The summed E-state index contributed by atoms with van der Waals surface area (Å²) in [6.07, 6.45) is 4.16. The van der Waals surface area contributed by atoms with Gasteiger partial charge in [-0.3, -0.25) is 24.0 Å². The number of benzene rings is 2. The van der Waals surface area contributed by atoms with Crippen molar-refractivity contribution in [1.29, 1.82) is 0 Å². The molecule has 2 aliphatic heterocycles. The number of amides is 5. The molecule has 13 nitrogen and oxygen atoms in total. The number of nitrogens with two attached hydrogens (primary N) is 3. The summed E-state index contributed by atoms with van der Waals surface area (Å²) in [7, 11) is 0. The van der Waals surface area contributed by atoms with Gasteiger partial charge in [-0.05, 0) is 75.5 Å². The predicted molar refractivity (Wildman–Crippen MR) is 205 cm³/mol. The molecule has 2 saturated heterocycles. The van der Waals surface area contributed by atoms with Gasteiger partial charge in [0.2, 0.25) is 29.5 Å². The van der Waals surface area contributed by atoms with Gasteiger partial charge in [-0.15, -0.1) is 0 Å². The molecule has 0 aromatic heterocycles. The fourth-order valence-corrected chi connectivity index (χ4v) is 7.24. The van der Waals surface area contributed by atoms with Crippen LogP contribution in [-0.2, 0) is 36.8 Å². The highest BCUT2D eigenvalue weighted by Crippen LogP contribution is 2.41. The van der Waals surface area contributed by atoms with Crippen LogP contribution in [0, 0.1) is 11.3 Å². The molecule has 290 valence electrons. The summed E-state index contributed by atoms with van der Waals surface area (Å²) in [4.78, 5) is 71.1. The molecule has 5 amide bonds. The highest BCUT2D eigenvalue weighted by atomic mass is 16.2. The predicted octanol–water partition coefficient (Wildman–Crippen LogP) is 1.23. The maximum atomic E-state index is 14.0. The summed E-state index contributed by atoms with van der Waals surface area (Å²) in [5, 5.41) is 8.72. The van der Waals surface area contributed by atoms with E-state index in [2.05, 4.69) is 16.0 Å². The fourth-order valence-electron chi connectivity index (χ4n) is 7.24. The molecule has 0 saturated carbocycles. The first kappa shape index (κ1) is 41.4. The van der Waals surface area contributed by atoms with E-state index in [0.717, 1.165) is 24.0 Å². The maximum Gasteiger partial charge on any atom is 0.245 e. The fraction of sp³-hybridized carbons (Fsp3) is 0.575. The number of unbranched alkanes of at least 4 members (excludes halogenated alkanes) is 1. The van der Waals surface area contributed by atoms with Crippen LogP contribution < -0.4 is 33.2 Å². The average Bonchev–Trinajstić information content (AvgIpc) is 3.12. The smallest absolute Gasteiger partial charge is 0.245 e. The number of piperidine rings is 1. The van der Waals surface area contributed by atoms with Crippen molar-refractivity contribution in [2.75, 3.05) is 32.7 Å². The number of hydrogen-bond acceptors (Lipinski definition) is 8. The van der Waals surface area contributed by atoms with E-state index in [1.54, 1.807) is 16.7 Å². The van der Waals surface area contributed by atoms with Crippen LogP contribution >= 0.6 is 0 Å². The Morgan fingerprint density at radius 1 is 0.679 bits per heavy atom. The standard InChI is InChI=1S/C40H60N8O5/c1-27(2)22-33(46-37(51)34(24-30-14-8-5-9-15-30)45-35(49)31(43)23-29-12-6-4-7-13-29)36(50)44-32(16-10-11-19-41)39(53)48-25-40(26-48)17-20-47(21-18-40)38(52)28(3)42/h4-9,12-15,27-28,31-34H,10-11,16-26,41-43H2,1-3H3,(H,44,50)(H,45,49)(H,46,51)/t28-,31-,32-,33?,34-/m1/s1. The molecule has 5 atom stereocenters. The normalized spacial score (nSPS) is 17.9. The van der Waals surface area contributed by atoms with Gasteiger partial charge < -0.3 is 43.0 Å². The molecule has 0 aliphatic carbocycles. The second kappa shape index (κ2) is 19.7. The summed E-state index contributed by atoms with van der Waals surface area (Å²) < 4.78 is 0. The summed E-state index contributed by atoms with van der Waals surface area (Å²) >= 11 is 0. The van der Waals surface area contributed by atoms with Gasteiger partial charge in [-0.1, -0.05) is 74.5 Å². The van der Waals surface area contributed by atoms with Gasteiger partial charge in [0.05, 0.1) is 12.1 Å². The zero-order valence-corrected chi connectivity index (χ0v) is 31.6. The van der Waals surface area contributed by atoms with Gasteiger partial charge in [0.1, 0.15) is 18.1 Å². The van der Waals surface area contributed by atoms with Crippen molar-refractivity contribution in [3.8, 4) is 0 Å². The lowest BCUT2D eigenvalue weighted by atomic mass is 9.71. The number of carbonyl (C=O) groups excluding carboxylic acids is 5. The van der Waals surface area contributed by atoms with E-state index in [-0.39, 0.29) is 29.6 Å². The Morgan fingerprint density at radius 3 is 1.75 bits per heavy atom. The maximum absolute atomic E-state index is 14.0. The van der Waals surface area contributed by atoms with Crippen molar-refractivity contribution in [1.82, 2.24) is 25.8 Å². The molecule has 2 aliphatic rings. The second-order valence-corrected chi connectivity index (χ2v) is 15.4. The Hall–Kier alpha value is -4.33. The number of hydrogen-bond donors (Lipinski definition) is 6. The molecule has 4 rings (SSSR count). The minimum absolute atomic E-state index is 0.0362. The zero-order chi connectivity index (χ0) is 38.5. The number of rotatable bonds is 18. The van der Waals surface area contributed by atoms with E-state index in [9.17, 15) is 24.0 Å². The van der Waals surface area contributed by atoms with Crippen LogP contribution in [0.2, 0.25) is 0 Å². The molecule has 53 heavy (non-hydrogen) atoms. The Balaban J connectivity index is 1.43. The molecule has 0 bridgehead atoms. The van der Waals surface area contributed by atoms with Gasteiger partial charge in [0.15, 0.2) is 0 Å². The van der Waals surface area contributed by atoms with Crippen LogP contribution in [0.15, 0.2) is 60.7 Å². The first-order valence-electron chi connectivity index (χ1n) is 19.1. The van der Waals surface area contributed by atoms with E-state index >= 15 is 0 Å². The molecule has 0 radical (unpaired) electrons. The SMILES string of the molecule is CC(C)CC(NC(=O)[C@@H](Cc1ccccc1)NC(=O)[C@H](N)Cc1ccccc1)C(=O)N[C@H](CCCCN)C(=O)N1CC2(CCN(C(=O)[C@@H](C)N)CC2)C1. The molecule has 1 spiro atoms. The number of nitrogens with one attached hydrogen (secondary N) is 3. The van der Waals surface area contributed by atoms with Crippen molar-refractivity contribution in [2.45, 2.75) is 102 Å². The minimum atomic E-state index is -0.997. The van der Waals surface area contributed by atoms with Crippen molar-refractivity contribution in [2.24, 2.45) is 28.5 Å². The Morgan fingerprint density at radius 2 is 1.21 bits per heavy atom. The lowest BCUT2D eigenvalue weighted by molar-refractivity contribution is -0.153. The highest BCUT2D eigenvalue weighted by molar-refractivity contribution is 5.95. The summed E-state index contributed by atoms with van der Waals surface area (Å²) in [6, 6.07) is 14.6.